The van der Waals surface area contributed by atoms with E-state index in [1.54, 1.807) is 0 Å². The third-order valence-corrected chi connectivity index (χ3v) is 3.89. The van der Waals surface area contributed by atoms with E-state index < -0.39 is 0 Å². The van der Waals surface area contributed by atoms with Gasteiger partial charge in [-0.15, -0.1) is 0 Å². The number of rotatable bonds is 3. The number of hydrogen-bond acceptors (Lipinski definition) is 1. The second-order valence-electron chi connectivity index (χ2n) is 5.70. The molecule has 0 aliphatic heterocycles. The van der Waals surface area contributed by atoms with Gasteiger partial charge in [0.1, 0.15) is 6.07 Å². The molecule has 0 N–H and O–H groups in total. The van der Waals surface area contributed by atoms with E-state index >= 15 is 0 Å². The van der Waals surface area contributed by atoms with E-state index in [-0.39, 0.29) is 0 Å². The standard InChI is InChI=1S/C19H18N2/c1-14(2)16-8-9-18-17(11-20)13-21(19(18)10-16)12-15-6-4-3-5-7-15/h3-10,13-14H,12H2,1-2H3. The molecule has 0 saturated heterocycles. The fraction of sp³-hybridized carbons (Fsp3) is 0.211. The molecule has 0 bridgehead atoms. The van der Waals surface area contributed by atoms with Crippen LogP contribution < -0.4 is 0 Å². The molecule has 3 aromatic rings. The topological polar surface area (TPSA) is 28.7 Å². The van der Waals surface area contributed by atoms with Crippen molar-refractivity contribution in [2.75, 3.05) is 0 Å². The number of aromatic nitrogens is 1. The number of hydrogen-bond donors (Lipinski definition) is 0. The van der Waals surface area contributed by atoms with Gasteiger partial charge in [-0.3, -0.25) is 0 Å². The van der Waals surface area contributed by atoms with Crippen LogP contribution in [0.2, 0.25) is 0 Å². The summed E-state index contributed by atoms with van der Waals surface area (Å²) in [5.74, 6) is 0.486. The highest BCUT2D eigenvalue weighted by molar-refractivity contribution is 5.87. The molecule has 0 aliphatic carbocycles. The fourth-order valence-electron chi connectivity index (χ4n) is 2.67. The number of nitrogens with zero attached hydrogens (tertiary/aromatic N) is 2. The van der Waals surface area contributed by atoms with Gasteiger partial charge >= 0.3 is 0 Å². The van der Waals surface area contributed by atoms with Gasteiger partial charge in [-0.05, 0) is 23.1 Å². The summed E-state index contributed by atoms with van der Waals surface area (Å²) in [7, 11) is 0. The molecule has 0 atom stereocenters. The largest absolute Gasteiger partial charge is 0.342 e. The third kappa shape index (κ3) is 2.55. The maximum Gasteiger partial charge on any atom is 0.101 e. The summed E-state index contributed by atoms with van der Waals surface area (Å²) >= 11 is 0. The molecule has 2 nitrogen and oxygen atoms in total. The van der Waals surface area contributed by atoms with Crippen LogP contribution in [0, 0.1) is 11.3 Å². The summed E-state index contributed by atoms with van der Waals surface area (Å²) in [5.41, 5.74) is 4.44. The molecule has 0 saturated carbocycles. The van der Waals surface area contributed by atoms with Gasteiger partial charge < -0.3 is 4.57 Å². The van der Waals surface area contributed by atoms with E-state index in [9.17, 15) is 5.26 Å². The predicted molar refractivity (Wildman–Crippen MR) is 86.3 cm³/mol. The molecule has 2 heteroatoms. The first-order valence-electron chi connectivity index (χ1n) is 7.26. The predicted octanol–water partition coefficient (Wildman–Crippen LogP) is 4.68. The van der Waals surface area contributed by atoms with Crippen molar-refractivity contribution in [1.82, 2.24) is 4.57 Å². The second kappa shape index (κ2) is 5.46. The van der Waals surface area contributed by atoms with Crippen molar-refractivity contribution in [2.45, 2.75) is 26.3 Å². The lowest BCUT2D eigenvalue weighted by Crippen LogP contribution is -1.98. The highest BCUT2D eigenvalue weighted by Gasteiger charge is 2.10. The Kier molecular flexibility index (Phi) is 3.50. The van der Waals surface area contributed by atoms with Crippen LogP contribution in [0.1, 0.15) is 36.5 Å². The van der Waals surface area contributed by atoms with Gasteiger partial charge in [0.2, 0.25) is 0 Å². The number of benzene rings is 2. The second-order valence-corrected chi connectivity index (χ2v) is 5.70. The van der Waals surface area contributed by atoms with Crippen molar-refractivity contribution in [1.29, 1.82) is 5.26 Å². The molecule has 1 heterocycles. The average Bonchev–Trinajstić information content (AvgIpc) is 2.85. The Balaban J connectivity index is 2.13. The lowest BCUT2D eigenvalue weighted by molar-refractivity contribution is 0.829. The summed E-state index contributed by atoms with van der Waals surface area (Å²) < 4.78 is 2.18. The van der Waals surface area contributed by atoms with Crippen molar-refractivity contribution in [2.24, 2.45) is 0 Å². The van der Waals surface area contributed by atoms with Crippen LogP contribution in [0.4, 0.5) is 0 Å². The van der Waals surface area contributed by atoms with E-state index in [1.807, 2.05) is 24.4 Å². The number of fused-ring (bicyclic) bond motifs is 1. The van der Waals surface area contributed by atoms with E-state index in [1.165, 1.54) is 11.1 Å². The van der Waals surface area contributed by atoms with Gasteiger partial charge in [0.05, 0.1) is 5.56 Å². The molecule has 0 unspecified atom stereocenters. The lowest BCUT2D eigenvalue weighted by atomic mass is 10.0. The Morgan fingerprint density at radius 1 is 1.10 bits per heavy atom. The molecule has 0 fully saturated rings. The zero-order valence-electron chi connectivity index (χ0n) is 12.4. The minimum absolute atomic E-state index is 0.486. The minimum Gasteiger partial charge on any atom is -0.342 e. The highest BCUT2D eigenvalue weighted by Crippen LogP contribution is 2.26. The van der Waals surface area contributed by atoms with Crippen LogP contribution in [0.25, 0.3) is 10.9 Å². The third-order valence-electron chi connectivity index (χ3n) is 3.89. The highest BCUT2D eigenvalue weighted by atomic mass is 15.0. The molecule has 104 valence electrons. The van der Waals surface area contributed by atoms with Crippen molar-refractivity contribution < 1.29 is 0 Å². The first-order valence-corrected chi connectivity index (χ1v) is 7.26. The Morgan fingerprint density at radius 2 is 1.86 bits per heavy atom. The molecule has 0 amide bonds. The number of nitriles is 1. The van der Waals surface area contributed by atoms with Gasteiger partial charge in [0, 0.05) is 23.6 Å². The van der Waals surface area contributed by atoms with Gasteiger partial charge in [-0.25, -0.2) is 0 Å². The summed E-state index contributed by atoms with van der Waals surface area (Å²) in [5, 5.41) is 10.4. The van der Waals surface area contributed by atoms with E-state index in [0.29, 0.717) is 5.92 Å². The zero-order valence-corrected chi connectivity index (χ0v) is 12.4. The van der Waals surface area contributed by atoms with E-state index in [4.69, 9.17) is 0 Å². The molecule has 0 radical (unpaired) electrons. The molecule has 1 aromatic heterocycles. The van der Waals surface area contributed by atoms with Crippen LogP contribution in [0.15, 0.2) is 54.7 Å². The SMILES string of the molecule is CC(C)c1ccc2c(C#N)cn(Cc3ccccc3)c2c1. The van der Waals surface area contributed by atoms with E-state index in [2.05, 4.69) is 54.8 Å². The first kappa shape index (κ1) is 13.5. The molecule has 21 heavy (non-hydrogen) atoms. The normalized spacial score (nSPS) is 11.0. The minimum atomic E-state index is 0.486. The Labute approximate surface area is 125 Å². The summed E-state index contributed by atoms with van der Waals surface area (Å²) in [6.07, 6.45) is 1.96. The quantitative estimate of drug-likeness (QED) is 0.681. The molecular weight excluding hydrogens is 256 g/mol. The van der Waals surface area contributed by atoms with E-state index in [0.717, 1.165) is 23.0 Å². The summed E-state index contributed by atoms with van der Waals surface area (Å²) in [4.78, 5) is 0. The molecular formula is C19H18N2. The first-order chi connectivity index (χ1) is 10.2. The van der Waals surface area contributed by atoms with Crippen LogP contribution in [-0.4, -0.2) is 4.57 Å². The maximum atomic E-state index is 9.33. The lowest BCUT2D eigenvalue weighted by Gasteiger charge is -2.09. The Hall–Kier alpha value is -2.53. The van der Waals surface area contributed by atoms with Crippen LogP contribution in [0.5, 0.6) is 0 Å². The molecule has 2 aromatic carbocycles. The molecule has 0 aliphatic rings. The maximum absolute atomic E-state index is 9.33. The Morgan fingerprint density at radius 3 is 2.52 bits per heavy atom. The molecule has 3 rings (SSSR count). The zero-order chi connectivity index (χ0) is 14.8. The van der Waals surface area contributed by atoms with Crippen LogP contribution >= 0.6 is 0 Å². The average molecular weight is 274 g/mol. The smallest absolute Gasteiger partial charge is 0.101 e. The monoisotopic (exact) mass is 274 g/mol. The fourth-order valence-corrected chi connectivity index (χ4v) is 2.67. The van der Waals surface area contributed by atoms with Crippen molar-refractivity contribution in [3.05, 3.63) is 71.4 Å². The van der Waals surface area contributed by atoms with Crippen molar-refractivity contribution in [3.8, 4) is 6.07 Å². The molecule has 0 spiro atoms. The van der Waals surface area contributed by atoms with Gasteiger partial charge in [-0.1, -0.05) is 56.3 Å². The Bertz CT molecular complexity index is 805. The van der Waals surface area contributed by atoms with Crippen LogP contribution in [0.3, 0.4) is 0 Å². The van der Waals surface area contributed by atoms with Gasteiger partial charge in [0.15, 0.2) is 0 Å². The summed E-state index contributed by atoms with van der Waals surface area (Å²) in [6, 6.07) is 19.1. The van der Waals surface area contributed by atoms with Crippen LogP contribution in [-0.2, 0) is 6.54 Å². The van der Waals surface area contributed by atoms with Gasteiger partial charge in [0.25, 0.3) is 0 Å². The van der Waals surface area contributed by atoms with Crippen molar-refractivity contribution >= 4 is 10.9 Å². The van der Waals surface area contributed by atoms with Crippen molar-refractivity contribution in [3.63, 3.8) is 0 Å². The summed E-state index contributed by atoms with van der Waals surface area (Å²) in [6.45, 7) is 5.17. The van der Waals surface area contributed by atoms with Gasteiger partial charge in [-0.2, -0.15) is 5.26 Å².